The Bertz CT molecular complexity index is 700. The van der Waals surface area contributed by atoms with Crippen molar-refractivity contribution in [2.45, 2.75) is 19.4 Å². The molecule has 3 rings (SSSR count). The topological polar surface area (TPSA) is 15.7 Å². The fourth-order valence-electron chi connectivity index (χ4n) is 3.19. The van der Waals surface area contributed by atoms with Crippen LogP contribution in [0.1, 0.15) is 17.5 Å². The summed E-state index contributed by atoms with van der Waals surface area (Å²) in [6.07, 6.45) is 2.18. The molecule has 140 valence electrons. The molecule has 0 radical (unpaired) electrons. The number of piperazine rings is 1. The molecule has 0 bridgehead atoms. The van der Waals surface area contributed by atoms with Gasteiger partial charge in [0.1, 0.15) is 12.4 Å². The highest BCUT2D eigenvalue weighted by Crippen LogP contribution is 2.26. The van der Waals surface area contributed by atoms with Crippen LogP contribution in [-0.4, -0.2) is 49.6 Å². The van der Waals surface area contributed by atoms with Crippen molar-refractivity contribution in [3.63, 3.8) is 0 Å². The Morgan fingerprint density at radius 2 is 1.77 bits per heavy atom. The van der Waals surface area contributed by atoms with Gasteiger partial charge in [0.2, 0.25) is 0 Å². The summed E-state index contributed by atoms with van der Waals surface area (Å²) < 4.78 is 7.19. The Morgan fingerprint density at radius 3 is 2.50 bits per heavy atom. The number of nitrogens with zero attached hydrogens (tertiary/aromatic N) is 2. The second-order valence-electron chi connectivity index (χ2n) is 6.92. The molecular formula is C21H26BrClN2O. The quantitative estimate of drug-likeness (QED) is 0.615. The third-order valence-electron chi connectivity index (χ3n) is 4.85. The second kappa shape index (κ2) is 9.75. The van der Waals surface area contributed by atoms with Crippen molar-refractivity contribution < 1.29 is 4.74 Å². The zero-order valence-corrected chi connectivity index (χ0v) is 17.6. The standard InChI is InChI=1S/C21H26BrClN2O/c1-24-11-13-25(14-12-24)10-2-3-18-15-19(22)6-9-21(18)26-16-17-4-7-20(23)8-5-17/h4-9,15H,2-3,10-14,16H2,1H3. The smallest absolute Gasteiger partial charge is 0.123 e. The van der Waals surface area contributed by atoms with Gasteiger partial charge in [-0.25, -0.2) is 0 Å². The fourth-order valence-corrected chi connectivity index (χ4v) is 3.72. The number of likely N-dealkylation sites (N-methyl/N-ethyl adjacent to an activating group) is 1. The van der Waals surface area contributed by atoms with E-state index < -0.39 is 0 Å². The lowest BCUT2D eigenvalue weighted by Gasteiger charge is -2.32. The van der Waals surface area contributed by atoms with Crippen molar-refractivity contribution in [2.75, 3.05) is 39.8 Å². The van der Waals surface area contributed by atoms with Gasteiger partial charge < -0.3 is 14.5 Å². The molecule has 5 heteroatoms. The molecule has 1 heterocycles. The maximum absolute atomic E-state index is 6.09. The number of benzene rings is 2. The molecule has 0 spiro atoms. The molecule has 0 aromatic heterocycles. The van der Waals surface area contributed by atoms with Crippen molar-refractivity contribution in [3.05, 3.63) is 63.1 Å². The van der Waals surface area contributed by atoms with Crippen LogP contribution >= 0.6 is 27.5 Å². The number of halogens is 2. The van der Waals surface area contributed by atoms with E-state index in [-0.39, 0.29) is 0 Å². The molecular weight excluding hydrogens is 412 g/mol. The minimum absolute atomic E-state index is 0.560. The first-order chi connectivity index (χ1) is 12.6. The number of ether oxygens (including phenoxy) is 1. The van der Waals surface area contributed by atoms with Crippen LogP contribution in [0.15, 0.2) is 46.9 Å². The average Bonchev–Trinajstić information content (AvgIpc) is 2.64. The molecule has 0 amide bonds. The summed E-state index contributed by atoms with van der Waals surface area (Å²) in [5, 5.41) is 0.752. The zero-order chi connectivity index (χ0) is 18.4. The summed E-state index contributed by atoms with van der Waals surface area (Å²) in [5.41, 5.74) is 2.39. The third kappa shape index (κ3) is 5.98. The largest absolute Gasteiger partial charge is 0.489 e. The Labute approximate surface area is 170 Å². The Morgan fingerprint density at radius 1 is 1.04 bits per heavy atom. The summed E-state index contributed by atoms with van der Waals surface area (Å²) in [6.45, 7) is 6.41. The zero-order valence-electron chi connectivity index (χ0n) is 15.3. The van der Waals surface area contributed by atoms with Gasteiger partial charge in [0, 0.05) is 35.7 Å². The summed E-state index contributed by atoms with van der Waals surface area (Å²) >= 11 is 9.54. The van der Waals surface area contributed by atoms with Gasteiger partial charge in [0.05, 0.1) is 0 Å². The number of rotatable bonds is 7. The minimum Gasteiger partial charge on any atom is -0.489 e. The maximum atomic E-state index is 6.09. The highest BCUT2D eigenvalue weighted by molar-refractivity contribution is 9.10. The molecule has 0 aliphatic carbocycles. The van der Waals surface area contributed by atoms with E-state index in [0.29, 0.717) is 6.61 Å². The lowest BCUT2D eigenvalue weighted by molar-refractivity contribution is 0.153. The maximum Gasteiger partial charge on any atom is 0.123 e. The van der Waals surface area contributed by atoms with Gasteiger partial charge in [-0.3, -0.25) is 0 Å². The SMILES string of the molecule is CN1CCN(CCCc2cc(Br)ccc2OCc2ccc(Cl)cc2)CC1. The molecule has 2 aromatic carbocycles. The molecule has 3 nitrogen and oxygen atoms in total. The molecule has 0 saturated carbocycles. The van der Waals surface area contributed by atoms with Crippen LogP contribution < -0.4 is 4.74 Å². The molecule has 0 N–H and O–H groups in total. The molecule has 1 aliphatic rings. The first kappa shape index (κ1) is 19.7. The van der Waals surface area contributed by atoms with Gasteiger partial charge >= 0.3 is 0 Å². The lowest BCUT2D eigenvalue weighted by atomic mass is 10.1. The predicted molar refractivity (Wildman–Crippen MR) is 112 cm³/mol. The normalized spacial score (nSPS) is 16.0. The number of hydrogen-bond acceptors (Lipinski definition) is 3. The van der Waals surface area contributed by atoms with Gasteiger partial charge in [-0.2, -0.15) is 0 Å². The van der Waals surface area contributed by atoms with Crippen LogP contribution in [0.2, 0.25) is 5.02 Å². The highest BCUT2D eigenvalue weighted by atomic mass is 79.9. The first-order valence-electron chi connectivity index (χ1n) is 9.17. The summed E-state index contributed by atoms with van der Waals surface area (Å²) in [6, 6.07) is 14.1. The molecule has 1 aliphatic heterocycles. The van der Waals surface area contributed by atoms with Crippen molar-refractivity contribution in [1.82, 2.24) is 9.80 Å². The summed E-state index contributed by atoms with van der Waals surface area (Å²) in [4.78, 5) is 4.96. The fraction of sp³-hybridized carbons (Fsp3) is 0.429. The van der Waals surface area contributed by atoms with Gasteiger partial charge in [0.25, 0.3) is 0 Å². The van der Waals surface area contributed by atoms with Gasteiger partial charge in [-0.1, -0.05) is 39.7 Å². The van der Waals surface area contributed by atoms with Crippen LogP contribution in [0.25, 0.3) is 0 Å². The molecule has 2 aromatic rings. The van der Waals surface area contributed by atoms with E-state index in [4.69, 9.17) is 16.3 Å². The molecule has 1 saturated heterocycles. The van der Waals surface area contributed by atoms with E-state index in [1.807, 2.05) is 30.3 Å². The van der Waals surface area contributed by atoms with Crippen molar-refractivity contribution >= 4 is 27.5 Å². The van der Waals surface area contributed by atoms with Crippen molar-refractivity contribution in [1.29, 1.82) is 0 Å². The van der Waals surface area contributed by atoms with E-state index in [2.05, 4.69) is 44.9 Å². The first-order valence-corrected chi connectivity index (χ1v) is 10.3. The molecule has 0 atom stereocenters. The van der Waals surface area contributed by atoms with E-state index >= 15 is 0 Å². The van der Waals surface area contributed by atoms with Crippen molar-refractivity contribution in [3.8, 4) is 5.75 Å². The molecule has 26 heavy (non-hydrogen) atoms. The Kier molecular flexibility index (Phi) is 7.38. The van der Waals surface area contributed by atoms with Crippen LogP contribution in [0.5, 0.6) is 5.75 Å². The minimum atomic E-state index is 0.560. The average molecular weight is 438 g/mol. The van der Waals surface area contributed by atoms with Gasteiger partial charge in [-0.05, 0) is 67.9 Å². The van der Waals surface area contributed by atoms with Crippen LogP contribution in [0.4, 0.5) is 0 Å². The Balaban J connectivity index is 1.54. The number of hydrogen-bond donors (Lipinski definition) is 0. The third-order valence-corrected chi connectivity index (χ3v) is 5.59. The van der Waals surface area contributed by atoms with E-state index in [1.54, 1.807) is 0 Å². The van der Waals surface area contributed by atoms with Gasteiger partial charge in [0.15, 0.2) is 0 Å². The molecule has 0 unspecified atom stereocenters. The van der Waals surface area contributed by atoms with Crippen LogP contribution in [0, 0.1) is 0 Å². The Hall–Kier alpha value is -1.07. The summed E-state index contributed by atoms with van der Waals surface area (Å²) in [5.74, 6) is 0.974. The van der Waals surface area contributed by atoms with E-state index in [9.17, 15) is 0 Å². The van der Waals surface area contributed by atoms with Crippen LogP contribution in [0.3, 0.4) is 0 Å². The lowest BCUT2D eigenvalue weighted by Crippen LogP contribution is -2.44. The predicted octanol–water partition coefficient (Wildman–Crippen LogP) is 4.86. The molecule has 1 fully saturated rings. The van der Waals surface area contributed by atoms with Crippen LogP contribution in [-0.2, 0) is 13.0 Å². The van der Waals surface area contributed by atoms with Crippen molar-refractivity contribution in [2.24, 2.45) is 0 Å². The highest BCUT2D eigenvalue weighted by Gasteiger charge is 2.13. The number of aryl methyl sites for hydroxylation is 1. The van der Waals surface area contributed by atoms with E-state index in [1.165, 1.54) is 31.7 Å². The monoisotopic (exact) mass is 436 g/mol. The van der Waals surface area contributed by atoms with E-state index in [0.717, 1.165) is 40.2 Å². The van der Waals surface area contributed by atoms with Gasteiger partial charge in [-0.15, -0.1) is 0 Å². The summed E-state index contributed by atoms with van der Waals surface area (Å²) in [7, 11) is 2.20. The second-order valence-corrected chi connectivity index (χ2v) is 8.27.